The van der Waals surface area contributed by atoms with Gasteiger partial charge in [0.1, 0.15) is 0 Å². The van der Waals surface area contributed by atoms with Crippen molar-refractivity contribution in [3.8, 4) is 0 Å². The quantitative estimate of drug-likeness (QED) is 0.823. The lowest BCUT2D eigenvalue weighted by Crippen LogP contribution is -2.55. The highest BCUT2D eigenvalue weighted by Crippen LogP contribution is 2.28. The summed E-state index contributed by atoms with van der Waals surface area (Å²) >= 11 is 0. The van der Waals surface area contributed by atoms with Gasteiger partial charge >= 0.3 is 0 Å². The van der Waals surface area contributed by atoms with Crippen LogP contribution in [-0.2, 0) is 16.1 Å². The van der Waals surface area contributed by atoms with E-state index in [0.29, 0.717) is 17.9 Å². The van der Waals surface area contributed by atoms with Crippen molar-refractivity contribution >= 4 is 5.91 Å². The molecule has 0 unspecified atom stereocenters. The number of hydrogen-bond acceptors (Lipinski definition) is 4. The van der Waals surface area contributed by atoms with Gasteiger partial charge in [-0.25, -0.2) is 0 Å². The van der Waals surface area contributed by atoms with E-state index in [9.17, 15) is 4.79 Å². The van der Waals surface area contributed by atoms with Crippen LogP contribution in [0.15, 0.2) is 24.5 Å². The van der Waals surface area contributed by atoms with E-state index >= 15 is 0 Å². The van der Waals surface area contributed by atoms with Crippen molar-refractivity contribution in [3.63, 3.8) is 0 Å². The third-order valence-electron chi connectivity index (χ3n) is 5.80. The number of likely N-dealkylation sites (tertiary alicyclic amines) is 1. The number of fused-ring (bicyclic) bond motifs is 1. The van der Waals surface area contributed by atoms with Crippen LogP contribution in [0, 0.1) is 11.8 Å². The first-order chi connectivity index (χ1) is 12.2. The number of carbonyl (C=O) groups is 1. The molecule has 3 rings (SSSR count). The molecule has 1 aromatic heterocycles. The molecular weight excluding hydrogens is 314 g/mol. The molecule has 25 heavy (non-hydrogen) atoms. The average molecular weight is 345 g/mol. The molecule has 2 fully saturated rings. The molecule has 2 saturated heterocycles. The van der Waals surface area contributed by atoms with Crippen molar-refractivity contribution < 1.29 is 9.53 Å². The van der Waals surface area contributed by atoms with Gasteiger partial charge in [-0.1, -0.05) is 19.9 Å². The zero-order valence-corrected chi connectivity index (χ0v) is 15.6. The molecule has 0 aromatic carbocycles. The van der Waals surface area contributed by atoms with E-state index in [2.05, 4.69) is 34.7 Å². The van der Waals surface area contributed by atoms with Gasteiger partial charge in [0.2, 0.25) is 5.91 Å². The van der Waals surface area contributed by atoms with Gasteiger partial charge in [-0.05, 0) is 30.9 Å². The van der Waals surface area contributed by atoms with Gasteiger partial charge in [-0.3, -0.25) is 14.7 Å². The normalized spacial score (nSPS) is 24.8. The van der Waals surface area contributed by atoms with Gasteiger partial charge in [0.05, 0.1) is 13.2 Å². The lowest BCUT2D eigenvalue weighted by Gasteiger charge is -2.43. The number of nitrogens with zero attached hydrogens (tertiary/aromatic N) is 3. The molecule has 0 bridgehead atoms. The Morgan fingerprint density at radius 2 is 2.20 bits per heavy atom. The third-order valence-corrected chi connectivity index (χ3v) is 5.80. The van der Waals surface area contributed by atoms with Gasteiger partial charge in [0, 0.05) is 56.5 Å². The molecule has 3 heterocycles. The van der Waals surface area contributed by atoms with Crippen LogP contribution < -0.4 is 0 Å². The Bertz CT molecular complexity index is 547. The summed E-state index contributed by atoms with van der Waals surface area (Å²) < 4.78 is 5.86. The van der Waals surface area contributed by atoms with Crippen molar-refractivity contribution in [2.45, 2.75) is 45.7 Å². The van der Waals surface area contributed by atoms with Crippen LogP contribution in [0.5, 0.6) is 0 Å². The number of aromatic nitrogens is 1. The lowest BCUT2D eigenvalue weighted by atomic mass is 9.89. The molecule has 1 aromatic rings. The van der Waals surface area contributed by atoms with Crippen molar-refractivity contribution in [1.82, 2.24) is 14.8 Å². The van der Waals surface area contributed by atoms with Crippen LogP contribution in [0.1, 0.15) is 38.7 Å². The van der Waals surface area contributed by atoms with E-state index in [-0.39, 0.29) is 5.92 Å². The number of amides is 1. The van der Waals surface area contributed by atoms with Crippen LogP contribution in [0.25, 0.3) is 0 Å². The Morgan fingerprint density at radius 3 is 2.92 bits per heavy atom. The third kappa shape index (κ3) is 4.39. The number of hydrogen-bond donors (Lipinski definition) is 0. The van der Waals surface area contributed by atoms with Crippen molar-refractivity contribution in [3.05, 3.63) is 30.1 Å². The first-order valence-corrected chi connectivity index (χ1v) is 9.72. The summed E-state index contributed by atoms with van der Waals surface area (Å²) in [5.41, 5.74) is 1.23. The van der Waals surface area contributed by atoms with Crippen LogP contribution >= 0.6 is 0 Å². The monoisotopic (exact) mass is 345 g/mol. The van der Waals surface area contributed by atoms with E-state index in [1.807, 2.05) is 18.5 Å². The molecule has 0 saturated carbocycles. The Balaban J connectivity index is 1.72. The van der Waals surface area contributed by atoms with E-state index in [4.69, 9.17) is 4.74 Å². The standard InChI is InChI=1S/C20H31N3O2/c1-3-17(4-2)20(24)23-9-7-18-15-25-11-10-22(19(18)14-23)13-16-6-5-8-21-12-16/h5-6,8,12,17-19H,3-4,7,9-11,13-15H2,1-2H3/t18-,19-/m1/s1. The molecule has 0 spiro atoms. The summed E-state index contributed by atoms with van der Waals surface area (Å²) in [6, 6.07) is 4.50. The van der Waals surface area contributed by atoms with E-state index in [1.165, 1.54) is 5.56 Å². The lowest BCUT2D eigenvalue weighted by molar-refractivity contribution is -0.139. The second-order valence-corrected chi connectivity index (χ2v) is 7.32. The van der Waals surface area contributed by atoms with Crippen LogP contribution in [0.3, 0.4) is 0 Å². The molecule has 138 valence electrons. The van der Waals surface area contributed by atoms with Crippen LogP contribution in [0.4, 0.5) is 0 Å². The predicted octanol–water partition coefficient (Wildman–Crippen LogP) is 2.57. The zero-order valence-electron chi connectivity index (χ0n) is 15.6. The SMILES string of the molecule is CCC(CC)C(=O)N1CC[C@@H]2COCCN(Cc3cccnc3)[C@@H]2C1. The molecule has 5 heteroatoms. The minimum atomic E-state index is 0.172. The largest absolute Gasteiger partial charge is 0.380 e. The summed E-state index contributed by atoms with van der Waals surface area (Å²) in [6.07, 6.45) is 6.66. The fourth-order valence-corrected chi connectivity index (χ4v) is 4.19. The maximum Gasteiger partial charge on any atom is 0.225 e. The Kier molecular flexibility index (Phi) is 6.43. The number of carbonyl (C=O) groups excluding carboxylic acids is 1. The molecule has 2 atom stereocenters. The summed E-state index contributed by atoms with van der Waals surface area (Å²) in [5, 5.41) is 0. The molecule has 5 nitrogen and oxygen atoms in total. The molecule has 0 radical (unpaired) electrons. The van der Waals surface area contributed by atoms with E-state index < -0.39 is 0 Å². The maximum absolute atomic E-state index is 12.9. The molecule has 2 aliphatic rings. The highest BCUT2D eigenvalue weighted by atomic mass is 16.5. The topological polar surface area (TPSA) is 45.7 Å². The van der Waals surface area contributed by atoms with Crippen LogP contribution in [0.2, 0.25) is 0 Å². The Labute approximate surface area is 151 Å². The number of ether oxygens (including phenoxy) is 1. The number of piperidine rings is 1. The summed E-state index contributed by atoms with van der Waals surface area (Å²) in [4.78, 5) is 21.7. The van der Waals surface area contributed by atoms with Gasteiger partial charge in [0.15, 0.2) is 0 Å². The molecular formula is C20H31N3O2. The molecule has 0 N–H and O–H groups in total. The second kappa shape index (κ2) is 8.77. The Morgan fingerprint density at radius 1 is 1.36 bits per heavy atom. The van der Waals surface area contributed by atoms with Gasteiger partial charge in [0.25, 0.3) is 0 Å². The van der Waals surface area contributed by atoms with Crippen molar-refractivity contribution in [1.29, 1.82) is 0 Å². The predicted molar refractivity (Wildman–Crippen MR) is 98.0 cm³/mol. The summed E-state index contributed by atoms with van der Waals surface area (Å²) in [6.45, 7) is 9.34. The smallest absolute Gasteiger partial charge is 0.225 e. The van der Waals surface area contributed by atoms with Gasteiger partial charge in [-0.2, -0.15) is 0 Å². The zero-order chi connectivity index (χ0) is 17.6. The molecule has 2 aliphatic heterocycles. The Hall–Kier alpha value is -1.46. The first kappa shape index (κ1) is 18.3. The minimum absolute atomic E-state index is 0.172. The maximum atomic E-state index is 12.9. The van der Waals surface area contributed by atoms with Crippen molar-refractivity contribution in [2.75, 3.05) is 32.8 Å². The van der Waals surface area contributed by atoms with Crippen LogP contribution in [-0.4, -0.2) is 59.6 Å². The highest BCUT2D eigenvalue weighted by Gasteiger charge is 2.37. The summed E-state index contributed by atoms with van der Waals surface area (Å²) in [5.74, 6) is 1.03. The fraction of sp³-hybridized carbons (Fsp3) is 0.700. The molecule has 0 aliphatic carbocycles. The van der Waals surface area contributed by atoms with E-state index in [0.717, 1.165) is 58.7 Å². The van der Waals surface area contributed by atoms with E-state index in [1.54, 1.807) is 0 Å². The average Bonchev–Trinajstić information content (AvgIpc) is 2.85. The molecule has 1 amide bonds. The second-order valence-electron chi connectivity index (χ2n) is 7.32. The number of pyridine rings is 1. The minimum Gasteiger partial charge on any atom is -0.380 e. The summed E-state index contributed by atoms with van der Waals surface area (Å²) in [7, 11) is 0. The van der Waals surface area contributed by atoms with Gasteiger partial charge in [-0.15, -0.1) is 0 Å². The highest BCUT2D eigenvalue weighted by molar-refractivity contribution is 5.78. The van der Waals surface area contributed by atoms with Gasteiger partial charge < -0.3 is 9.64 Å². The number of rotatable bonds is 5. The van der Waals surface area contributed by atoms with Crippen molar-refractivity contribution in [2.24, 2.45) is 11.8 Å². The fourth-order valence-electron chi connectivity index (χ4n) is 4.19. The first-order valence-electron chi connectivity index (χ1n) is 9.72.